The van der Waals surface area contributed by atoms with E-state index in [9.17, 15) is 19.7 Å². The van der Waals surface area contributed by atoms with Crippen LogP contribution in [-0.2, 0) is 0 Å². The Morgan fingerprint density at radius 2 is 1.66 bits per heavy atom. The van der Waals surface area contributed by atoms with Gasteiger partial charge in [0, 0.05) is 28.0 Å². The molecule has 4 N–H and O–H groups in total. The molecule has 10 nitrogen and oxygen atoms in total. The average molecular weight is 457 g/mol. The lowest BCUT2D eigenvalue weighted by molar-refractivity contribution is -0.385. The van der Waals surface area contributed by atoms with Crippen molar-refractivity contribution in [1.29, 1.82) is 0 Å². The molecular formula is C21H17ClN4O6. The molecule has 0 aromatic heterocycles. The van der Waals surface area contributed by atoms with Crippen LogP contribution in [0.25, 0.3) is 0 Å². The number of nitrogens with zero attached hydrogens (tertiary/aromatic N) is 1. The number of rotatable bonds is 7. The fourth-order valence-electron chi connectivity index (χ4n) is 2.75. The summed E-state index contributed by atoms with van der Waals surface area (Å²) in [5.74, 6) is -0.134. The second-order valence-electron chi connectivity index (χ2n) is 6.36. The molecule has 0 atom stereocenters. The number of anilines is 2. The van der Waals surface area contributed by atoms with Crippen LogP contribution in [0, 0.1) is 10.1 Å². The molecule has 0 unspecified atom stereocenters. The number of carbonyl (C=O) groups excluding carboxylic acids is 2. The van der Waals surface area contributed by atoms with E-state index in [0.29, 0.717) is 11.4 Å². The molecule has 0 saturated heterocycles. The maximum absolute atomic E-state index is 12.6. The fraction of sp³-hybridized carbons (Fsp3) is 0.0476. The number of nitrogens with two attached hydrogens (primary N) is 1. The van der Waals surface area contributed by atoms with E-state index in [2.05, 4.69) is 10.6 Å². The zero-order valence-corrected chi connectivity index (χ0v) is 17.4. The molecule has 0 spiro atoms. The number of hydrogen-bond donors (Lipinski definition) is 3. The van der Waals surface area contributed by atoms with Gasteiger partial charge in [0.1, 0.15) is 0 Å². The first kappa shape index (κ1) is 22.4. The third kappa shape index (κ3) is 5.43. The highest BCUT2D eigenvalue weighted by Gasteiger charge is 2.19. The van der Waals surface area contributed by atoms with E-state index in [1.165, 1.54) is 49.6 Å². The van der Waals surface area contributed by atoms with Gasteiger partial charge < -0.3 is 25.8 Å². The Bertz CT molecular complexity index is 1200. The van der Waals surface area contributed by atoms with Gasteiger partial charge in [-0.1, -0.05) is 17.7 Å². The van der Waals surface area contributed by atoms with Crippen molar-refractivity contribution < 1.29 is 24.0 Å². The summed E-state index contributed by atoms with van der Waals surface area (Å²) in [5.41, 5.74) is 5.87. The Labute approximate surface area is 187 Å². The van der Waals surface area contributed by atoms with Crippen LogP contribution in [0.4, 0.5) is 21.9 Å². The topological polar surface area (TPSA) is 146 Å². The molecule has 3 rings (SSSR count). The molecular weight excluding hydrogens is 440 g/mol. The van der Waals surface area contributed by atoms with E-state index in [-0.39, 0.29) is 33.5 Å². The highest BCUT2D eigenvalue weighted by atomic mass is 35.5. The van der Waals surface area contributed by atoms with Gasteiger partial charge in [0.15, 0.2) is 11.5 Å². The summed E-state index contributed by atoms with van der Waals surface area (Å²) < 4.78 is 10.9. The van der Waals surface area contributed by atoms with Gasteiger partial charge in [0.05, 0.1) is 12.0 Å². The number of carbonyl (C=O) groups is 2. The minimum absolute atomic E-state index is 0.0336. The molecule has 0 aliphatic rings. The number of urea groups is 1. The van der Waals surface area contributed by atoms with E-state index in [1.807, 2.05) is 0 Å². The van der Waals surface area contributed by atoms with Gasteiger partial charge in [-0.25, -0.2) is 4.79 Å². The lowest BCUT2D eigenvalue weighted by Crippen LogP contribution is -2.19. The minimum Gasteiger partial charge on any atom is -0.493 e. The number of methoxy groups -OCH3 is 1. The van der Waals surface area contributed by atoms with Crippen LogP contribution < -0.4 is 25.8 Å². The number of hydrogen-bond acceptors (Lipinski definition) is 6. The number of nitro benzene ring substituents is 1. The Morgan fingerprint density at radius 1 is 0.969 bits per heavy atom. The lowest BCUT2D eigenvalue weighted by atomic mass is 10.1. The first-order valence-corrected chi connectivity index (χ1v) is 9.42. The van der Waals surface area contributed by atoms with Crippen molar-refractivity contribution in [3.8, 4) is 17.2 Å². The van der Waals surface area contributed by atoms with Crippen molar-refractivity contribution in [1.82, 2.24) is 0 Å². The van der Waals surface area contributed by atoms with Crippen molar-refractivity contribution >= 4 is 40.6 Å². The van der Waals surface area contributed by atoms with Crippen LogP contribution in [0.1, 0.15) is 10.4 Å². The zero-order chi connectivity index (χ0) is 23.3. The molecule has 3 amide bonds. The van der Waals surface area contributed by atoms with Gasteiger partial charge in [0.2, 0.25) is 5.75 Å². The summed E-state index contributed by atoms with van der Waals surface area (Å²) in [7, 11) is 1.37. The van der Waals surface area contributed by atoms with Crippen molar-refractivity contribution in [3.05, 3.63) is 81.4 Å². The number of primary amides is 1. The molecule has 0 fully saturated rings. The summed E-state index contributed by atoms with van der Waals surface area (Å²) in [4.78, 5) is 34.3. The zero-order valence-electron chi connectivity index (χ0n) is 16.6. The summed E-state index contributed by atoms with van der Waals surface area (Å²) >= 11 is 5.82. The van der Waals surface area contributed by atoms with Crippen molar-refractivity contribution in [2.45, 2.75) is 0 Å². The molecule has 0 heterocycles. The maximum Gasteiger partial charge on any atom is 0.316 e. The molecule has 164 valence electrons. The van der Waals surface area contributed by atoms with Crippen LogP contribution in [0.2, 0.25) is 5.02 Å². The molecule has 0 radical (unpaired) electrons. The van der Waals surface area contributed by atoms with E-state index >= 15 is 0 Å². The van der Waals surface area contributed by atoms with Crippen LogP contribution in [0.5, 0.6) is 17.2 Å². The Kier molecular flexibility index (Phi) is 6.76. The molecule has 0 aliphatic heterocycles. The Hall–Kier alpha value is -4.31. The number of ether oxygens (including phenoxy) is 2. The predicted octanol–water partition coefficient (Wildman–Crippen LogP) is 4.79. The van der Waals surface area contributed by atoms with Crippen LogP contribution in [0.15, 0.2) is 60.7 Å². The van der Waals surface area contributed by atoms with E-state index < -0.39 is 16.9 Å². The number of nitro groups is 1. The van der Waals surface area contributed by atoms with Gasteiger partial charge in [-0.3, -0.25) is 14.9 Å². The first-order valence-electron chi connectivity index (χ1n) is 9.04. The summed E-state index contributed by atoms with van der Waals surface area (Å²) in [6.07, 6.45) is 0. The summed E-state index contributed by atoms with van der Waals surface area (Å²) in [5, 5.41) is 16.6. The number of nitrogens with one attached hydrogen (secondary N) is 2. The molecule has 0 bridgehead atoms. The first-order chi connectivity index (χ1) is 15.3. The molecule has 3 aromatic carbocycles. The van der Waals surface area contributed by atoms with Crippen LogP contribution >= 0.6 is 11.6 Å². The SMILES string of the molecule is COc1cc(C(=O)Nc2cccc(NC(N)=O)c2)ccc1Oc1ccc(Cl)cc1[N+](=O)[O-]. The van der Waals surface area contributed by atoms with Crippen LogP contribution in [0.3, 0.4) is 0 Å². The van der Waals surface area contributed by atoms with Gasteiger partial charge in [-0.2, -0.15) is 0 Å². The summed E-state index contributed by atoms with van der Waals surface area (Å²) in [6, 6.07) is 14.1. The smallest absolute Gasteiger partial charge is 0.316 e. The molecule has 3 aromatic rings. The predicted molar refractivity (Wildman–Crippen MR) is 119 cm³/mol. The van der Waals surface area contributed by atoms with E-state index in [0.717, 1.165) is 0 Å². The number of halogens is 1. The molecule has 32 heavy (non-hydrogen) atoms. The quantitative estimate of drug-likeness (QED) is 0.344. The standard InChI is InChI=1S/C21H17ClN4O6/c1-31-19-9-12(20(27)24-14-3-2-4-15(11-14)25-21(23)28)5-7-18(19)32-17-8-6-13(22)10-16(17)26(29)30/h2-11H,1H3,(H,24,27)(H3,23,25,28). The van der Waals surface area contributed by atoms with Crippen molar-refractivity contribution in [2.75, 3.05) is 17.7 Å². The van der Waals surface area contributed by atoms with Crippen LogP contribution in [-0.4, -0.2) is 24.0 Å². The third-order valence-electron chi connectivity index (χ3n) is 4.15. The lowest BCUT2D eigenvalue weighted by Gasteiger charge is -2.13. The van der Waals surface area contributed by atoms with Gasteiger partial charge in [-0.15, -0.1) is 0 Å². The second-order valence-corrected chi connectivity index (χ2v) is 6.80. The summed E-state index contributed by atoms with van der Waals surface area (Å²) in [6.45, 7) is 0. The Balaban J connectivity index is 1.82. The van der Waals surface area contributed by atoms with E-state index in [1.54, 1.807) is 18.2 Å². The number of benzene rings is 3. The largest absolute Gasteiger partial charge is 0.493 e. The van der Waals surface area contributed by atoms with E-state index in [4.69, 9.17) is 26.8 Å². The number of amides is 3. The highest BCUT2D eigenvalue weighted by Crippen LogP contribution is 2.38. The third-order valence-corrected chi connectivity index (χ3v) is 4.39. The molecule has 11 heteroatoms. The monoisotopic (exact) mass is 456 g/mol. The highest BCUT2D eigenvalue weighted by molar-refractivity contribution is 6.30. The second kappa shape index (κ2) is 9.67. The van der Waals surface area contributed by atoms with Crippen molar-refractivity contribution in [2.24, 2.45) is 5.73 Å². The van der Waals surface area contributed by atoms with Gasteiger partial charge in [0.25, 0.3) is 5.91 Å². The normalized spacial score (nSPS) is 10.2. The minimum atomic E-state index is -0.727. The average Bonchev–Trinajstić information content (AvgIpc) is 2.74. The Morgan fingerprint density at radius 3 is 2.31 bits per heavy atom. The van der Waals surface area contributed by atoms with Gasteiger partial charge in [-0.05, 0) is 48.5 Å². The van der Waals surface area contributed by atoms with Gasteiger partial charge >= 0.3 is 11.7 Å². The fourth-order valence-corrected chi connectivity index (χ4v) is 2.92. The molecule has 0 saturated carbocycles. The molecule has 0 aliphatic carbocycles. The maximum atomic E-state index is 12.6. The van der Waals surface area contributed by atoms with Crippen molar-refractivity contribution in [3.63, 3.8) is 0 Å².